The minimum atomic E-state index is -0.280. The number of hydrogen-bond acceptors (Lipinski definition) is 2. The first-order valence-electron chi connectivity index (χ1n) is 10.4. The lowest BCUT2D eigenvalue weighted by Gasteiger charge is -2.29. The monoisotopic (exact) mass is 414 g/mol. The van der Waals surface area contributed by atoms with E-state index >= 15 is 0 Å². The van der Waals surface area contributed by atoms with Crippen LogP contribution in [0.5, 0.6) is 0 Å². The quantitative estimate of drug-likeness (QED) is 0.493. The van der Waals surface area contributed by atoms with E-state index in [-0.39, 0.29) is 17.6 Å². The number of benzene rings is 2. The predicted octanol–water partition coefficient (Wildman–Crippen LogP) is -0.519. The zero-order chi connectivity index (χ0) is 21.5. The highest BCUT2D eigenvalue weighted by Gasteiger charge is 2.26. The number of nitrogens with one attached hydrogen (secondary N) is 4. The Morgan fingerprint density at radius 1 is 0.867 bits per heavy atom. The molecule has 0 saturated carbocycles. The summed E-state index contributed by atoms with van der Waals surface area (Å²) in [5.41, 5.74) is 3.92. The molecule has 1 saturated heterocycles. The molecule has 0 radical (unpaired) electrons. The van der Waals surface area contributed by atoms with Gasteiger partial charge in [-0.05, 0) is 42.7 Å². The van der Waals surface area contributed by atoms with E-state index in [2.05, 4.69) is 10.6 Å². The van der Waals surface area contributed by atoms with E-state index in [1.54, 1.807) is 12.1 Å². The largest absolute Gasteiger partial charge is 0.347 e. The molecule has 0 spiro atoms. The average molecular weight is 415 g/mol. The van der Waals surface area contributed by atoms with E-state index in [4.69, 9.17) is 0 Å². The summed E-state index contributed by atoms with van der Waals surface area (Å²) < 4.78 is 12.9. The van der Waals surface area contributed by atoms with Gasteiger partial charge in [0.2, 0.25) is 0 Å². The van der Waals surface area contributed by atoms with Gasteiger partial charge < -0.3 is 20.4 Å². The molecule has 0 atom stereocenters. The second kappa shape index (κ2) is 10.3. The van der Waals surface area contributed by atoms with E-state index in [1.807, 2.05) is 32.0 Å². The second-order valence-corrected chi connectivity index (χ2v) is 8.07. The van der Waals surface area contributed by atoms with Crippen LogP contribution in [-0.2, 0) is 16.1 Å². The van der Waals surface area contributed by atoms with Gasteiger partial charge in [0, 0.05) is 12.2 Å². The molecule has 2 amide bonds. The molecule has 1 fully saturated rings. The number of carbonyl (C=O) groups is 2. The van der Waals surface area contributed by atoms with Gasteiger partial charge >= 0.3 is 0 Å². The first kappa shape index (κ1) is 21.9. The van der Waals surface area contributed by atoms with Crippen LogP contribution in [0.15, 0.2) is 42.5 Å². The van der Waals surface area contributed by atoms with Gasteiger partial charge in [-0.3, -0.25) is 9.59 Å². The summed E-state index contributed by atoms with van der Waals surface area (Å²) in [7, 11) is 0. The summed E-state index contributed by atoms with van der Waals surface area (Å²) >= 11 is 0. The fourth-order valence-electron chi connectivity index (χ4n) is 3.83. The first-order chi connectivity index (χ1) is 14.4. The highest BCUT2D eigenvalue weighted by Crippen LogP contribution is 2.18. The molecule has 160 valence electrons. The van der Waals surface area contributed by atoms with E-state index in [9.17, 15) is 14.0 Å². The Labute approximate surface area is 177 Å². The molecule has 1 heterocycles. The highest BCUT2D eigenvalue weighted by atomic mass is 19.1. The van der Waals surface area contributed by atoms with Crippen LogP contribution >= 0.6 is 0 Å². The van der Waals surface area contributed by atoms with Crippen LogP contribution < -0.4 is 20.4 Å². The number of piperazine rings is 1. The molecular formula is C23H31FN4O2+2. The SMILES string of the molecule is Cc1cccc(C)c1NC(=O)C[NH+]1CC[NH+](CC(=O)NCc2ccc(F)cc2)CC1. The van der Waals surface area contributed by atoms with Crippen molar-refractivity contribution in [3.05, 3.63) is 65.0 Å². The van der Waals surface area contributed by atoms with E-state index < -0.39 is 0 Å². The lowest BCUT2D eigenvalue weighted by atomic mass is 10.1. The Hall–Kier alpha value is -2.77. The van der Waals surface area contributed by atoms with Crippen molar-refractivity contribution in [3.63, 3.8) is 0 Å². The molecule has 30 heavy (non-hydrogen) atoms. The number of rotatable bonds is 7. The number of quaternary nitrogens is 2. The minimum Gasteiger partial charge on any atom is -0.347 e. The van der Waals surface area contributed by atoms with Crippen LogP contribution in [0.4, 0.5) is 10.1 Å². The maximum atomic E-state index is 12.9. The van der Waals surface area contributed by atoms with Gasteiger partial charge in [0.25, 0.3) is 11.8 Å². The number of amides is 2. The molecule has 4 N–H and O–H groups in total. The molecule has 2 aromatic rings. The summed E-state index contributed by atoms with van der Waals surface area (Å²) in [5, 5.41) is 5.94. The summed E-state index contributed by atoms with van der Waals surface area (Å²) in [6.07, 6.45) is 0. The fraction of sp³-hybridized carbons (Fsp3) is 0.391. The van der Waals surface area contributed by atoms with Crippen LogP contribution in [-0.4, -0.2) is 51.1 Å². The third-order valence-corrected chi connectivity index (χ3v) is 5.63. The average Bonchev–Trinajstić information content (AvgIpc) is 2.72. The van der Waals surface area contributed by atoms with Crippen LogP contribution in [0.25, 0.3) is 0 Å². The number of halogens is 1. The summed E-state index contributed by atoms with van der Waals surface area (Å²) in [5.74, 6) is -0.258. The van der Waals surface area contributed by atoms with Crippen molar-refractivity contribution >= 4 is 17.5 Å². The Morgan fingerprint density at radius 2 is 1.40 bits per heavy atom. The molecule has 0 bridgehead atoms. The number of carbonyl (C=O) groups excluding carboxylic acids is 2. The maximum Gasteiger partial charge on any atom is 0.279 e. The molecule has 2 aromatic carbocycles. The van der Waals surface area contributed by atoms with Crippen molar-refractivity contribution in [2.75, 3.05) is 44.6 Å². The van der Waals surface area contributed by atoms with Crippen LogP contribution in [0.3, 0.4) is 0 Å². The molecule has 1 aliphatic rings. The summed E-state index contributed by atoms with van der Waals surface area (Å²) in [6.45, 7) is 8.70. The molecule has 3 rings (SSSR count). The lowest BCUT2D eigenvalue weighted by molar-refractivity contribution is -1.00. The van der Waals surface area contributed by atoms with Crippen LogP contribution in [0.1, 0.15) is 16.7 Å². The molecule has 0 aliphatic carbocycles. The number of hydrogen-bond donors (Lipinski definition) is 4. The minimum absolute atomic E-state index is 0.00875. The van der Waals surface area contributed by atoms with Crippen molar-refractivity contribution < 1.29 is 23.8 Å². The van der Waals surface area contributed by atoms with Gasteiger partial charge in [0.15, 0.2) is 13.1 Å². The number of para-hydroxylation sites is 1. The Bertz CT molecular complexity index is 857. The van der Waals surface area contributed by atoms with Crippen molar-refractivity contribution in [1.82, 2.24) is 5.32 Å². The maximum absolute atomic E-state index is 12.9. The highest BCUT2D eigenvalue weighted by molar-refractivity contribution is 5.93. The second-order valence-electron chi connectivity index (χ2n) is 8.07. The molecule has 6 nitrogen and oxygen atoms in total. The summed E-state index contributed by atoms with van der Waals surface area (Å²) in [4.78, 5) is 27.1. The summed E-state index contributed by atoms with van der Waals surface area (Å²) in [6, 6.07) is 12.1. The van der Waals surface area contributed by atoms with E-state index in [0.29, 0.717) is 19.6 Å². The first-order valence-corrected chi connectivity index (χ1v) is 10.4. The van der Waals surface area contributed by atoms with Gasteiger partial charge in [-0.25, -0.2) is 4.39 Å². The zero-order valence-corrected chi connectivity index (χ0v) is 17.7. The third-order valence-electron chi connectivity index (χ3n) is 5.63. The Balaban J connectivity index is 1.37. The molecular weight excluding hydrogens is 383 g/mol. The van der Waals surface area contributed by atoms with Gasteiger partial charge in [-0.1, -0.05) is 30.3 Å². The van der Waals surface area contributed by atoms with Crippen LogP contribution in [0, 0.1) is 19.7 Å². The van der Waals surface area contributed by atoms with Gasteiger partial charge in [-0.2, -0.15) is 0 Å². The van der Waals surface area contributed by atoms with Crippen molar-refractivity contribution in [2.45, 2.75) is 20.4 Å². The van der Waals surface area contributed by atoms with Gasteiger partial charge in [-0.15, -0.1) is 0 Å². The molecule has 1 aliphatic heterocycles. The van der Waals surface area contributed by atoms with Gasteiger partial charge in [0.05, 0.1) is 0 Å². The van der Waals surface area contributed by atoms with E-state index in [1.165, 1.54) is 21.9 Å². The van der Waals surface area contributed by atoms with Crippen molar-refractivity contribution in [1.29, 1.82) is 0 Å². The van der Waals surface area contributed by atoms with Crippen LogP contribution in [0.2, 0.25) is 0 Å². The van der Waals surface area contributed by atoms with E-state index in [0.717, 1.165) is 48.6 Å². The van der Waals surface area contributed by atoms with Crippen molar-refractivity contribution in [2.24, 2.45) is 0 Å². The topological polar surface area (TPSA) is 67.1 Å². The fourth-order valence-corrected chi connectivity index (χ4v) is 3.83. The third kappa shape index (κ3) is 6.37. The molecule has 0 unspecified atom stereocenters. The van der Waals surface area contributed by atoms with Gasteiger partial charge in [0.1, 0.15) is 32.0 Å². The Morgan fingerprint density at radius 3 is 1.97 bits per heavy atom. The molecule has 0 aromatic heterocycles. The normalized spacial score (nSPS) is 18.6. The Kier molecular flexibility index (Phi) is 7.54. The predicted molar refractivity (Wildman–Crippen MR) is 114 cm³/mol. The standard InChI is InChI=1S/C23H29FN4O2/c1-17-4-3-5-18(2)23(17)26-22(30)16-28-12-10-27(11-13-28)15-21(29)25-14-19-6-8-20(24)9-7-19/h3-9H,10-16H2,1-2H3,(H,25,29)(H,26,30)/p+2. The smallest absolute Gasteiger partial charge is 0.279 e. The molecule has 7 heteroatoms. The lowest BCUT2D eigenvalue weighted by Crippen LogP contribution is -3.28. The zero-order valence-electron chi connectivity index (χ0n) is 17.7. The number of anilines is 1. The number of aryl methyl sites for hydroxylation is 2. The van der Waals surface area contributed by atoms with Crippen molar-refractivity contribution in [3.8, 4) is 0 Å².